The van der Waals surface area contributed by atoms with Crippen molar-refractivity contribution in [3.8, 4) is 5.75 Å². The highest BCUT2D eigenvalue weighted by Gasteiger charge is 2.21. The lowest BCUT2D eigenvalue weighted by Crippen LogP contribution is -2.46. The predicted molar refractivity (Wildman–Crippen MR) is 94.7 cm³/mol. The molecule has 0 saturated heterocycles. The molecule has 1 aromatic heterocycles. The van der Waals surface area contributed by atoms with Crippen LogP contribution in [0, 0.1) is 0 Å². The average molecular weight is 343 g/mol. The van der Waals surface area contributed by atoms with Crippen LogP contribution in [-0.2, 0) is 13.0 Å². The fraction of sp³-hybridized carbons (Fsp3) is 0.500. The standard InChI is InChI=1S/C18H25N5O2/c1-13(2)15-5-3-4-6-16(15)25-10-9-19-18(24)22-14-7-8-17-20-12-21-23(17)11-14/h3-6,12-14H,7-11H2,1-2H3,(H2,19,22,24). The van der Waals surface area contributed by atoms with Gasteiger partial charge in [0.15, 0.2) is 0 Å². The summed E-state index contributed by atoms with van der Waals surface area (Å²) in [5, 5.41) is 9.99. The van der Waals surface area contributed by atoms with Gasteiger partial charge >= 0.3 is 6.03 Å². The number of hydrogen-bond acceptors (Lipinski definition) is 4. The maximum absolute atomic E-state index is 12.0. The third-order valence-electron chi connectivity index (χ3n) is 4.33. The van der Waals surface area contributed by atoms with Gasteiger partial charge in [0, 0.05) is 6.42 Å². The first-order valence-corrected chi connectivity index (χ1v) is 8.76. The number of urea groups is 1. The van der Waals surface area contributed by atoms with Gasteiger partial charge in [-0.15, -0.1) is 0 Å². The molecule has 25 heavy (non-hydrogen) atoms. The van der Waals surface area contributed by atoms with Gasteiger partial charge in [-0.2, -0.15) is 5.10 Å². The van der Waals surface area contributed by atoms with Gasteiger partial charge in [-0.05, 0) is 24.0 Å². The molecule has 7 heteroatoms. The molecule has 3 rings (SSSR count). The Morgan fingerprint density at radius 3 is 3.08 bits per heavy atom. The van der Waals surface area contributed by atoms with Gasteiger partial charge in [0.2, 0.25) is 0 Å². The molecule has 0 aliphatic carbocycles. The fourth-order valence-corrected chi connectivity index (χ4v) is 3.01. The Balaban J connectivity index is 1.39. The quantitative estimate of drug-likeness (QED) is 0.787. The van der Waals surface area contributed by atoms with Gasteiger partial charge in [-0.3, -0.25) is 0 Å². The highest BCUT2D eigenvalue weighted by atomic mass is 16.5. The summed E-state index contributed by atoms with van der Waals surface area (Å²) in [6, 6.07) is 7.92. The lowest BCUT2D eigenvalue weighted by Gasteiger charge is -2.23. The molecule has 0 spiro atoms. The molecule has 1 atom stereocenters. The first kappa shape index (κ1) is 17.3. The molecule has 7 nitrogen and oxygen atoms in total. The lowest BCUT2D eigenvalue weighted by molar-refractivity contribution is 0.227. The summed E-state index contributed by atoms with van der Waals surface area (Å²) >= 11 is 0. The maximum Gasteiger partial charge on any atom is 0.315 e. The number of benzene rings is 1. The minimum atomic E-state index is -0.172. The summed E-state index contributed by atoms with van der Waals surface area (Å²) in [6.07, 6.45) is 3.27. The van der Waals surface area contributed by atoms with Gasteiger partial charge in [0.25, 0.3) is 0 Å². The van der Waals surface area contributed by atoms with Crippen LogP contribution in [0.15, 0.2) is 30.6 Å². The summed E-state index contributed by atoms with van der Waals surface area (Å²) in [5.41, 5.74) is 1.18. The molecule has 2 heterocycles. The van der Waals surface area contributed by atoms with E-state index in [4.69, 9.17) is 4.74 Å². The molecule has 1 aromatic carbocycles. The second-order valence-corrected chi connectivity index (χ2v) is 6.54. The predicted octanol–water partition coefficient (Wildman–Crippen LogP) is 2.09. The minimum Gasteiger partial charge on any atom is -0.491 e. The number of fused-ring (bicyclic) bond motifs is 1. The van der Waals surface area contributed by atoms with Gasteiger partial charge in [-0.1, -0.05) is 32.0 Å². The van der Waals surface area contributed by atoms with Crippen molar-refractivity contribution in [2.75, 3.05) is 13.2 Å². The zero-order chi connectivity index (χ0) is 17.6. The van der Waals surface area contributed by atoms with Gasteiger partial charge in [0.05, 0.1) is 19.1 Å². The van der Waals surface area contributed by atoms with Crippen LogP contribution < -0.4 is 15.4 Å². The monoisotopic (exact) mass is 343 g/mol. The molecule has 134 valence electrons. The van der Waals surface area contributed by atoms with E-state index in [1.54, 1.807) is 6.33 Å². The zero-order valence-corrected chi connectivity index (χ0v) is 14.7. The van der Waals surface area contributed by atoms with Crippen LogP contribution in [0.25, 0.3) is 0 Å². The largest absolute Gasteiger partial charge is 0.491 e. The van der Waals surface area contributed by atoms with Crippen molar-refractivity contribution in [3.05, 3.63) is 42.0 Å². The molecule has 0 fully saturated rings. The number of nitrogens with zero attached hydrogens (tertiary/aromatic N) is 3. The SMILES string of the molecule is CC(C)c1ccccc1OCCNC(=O)NC1CCc2ncnn2C1. The summed E-state index contributed by atoms with van der Waals surface area (Å²) in [7, 11) is 0. The Morgan fingerprint density at radius 2 is 2.24 bits per heavy atom. The van der Waals surface area contributed by atoms with Gasteiger partial charge < -0.3 is 15.4 Å². The van der Waals surface area contributed by atoms with Crippen molar-refractivity contribution >= 4 is 6.03 Å². The number of carbonyl (C=O) groups excluding carboxylic acids is 1. The molecule has 1 aliphatic heterocycles. The van der Waals surface area contributed by atoms with Crippen molar-refractivity contribution < 1.29 is 9.53 Å². The summed E-state index contributed by atoms with van der Waals surface area (Å²) in [5.74, 6) is 2.27. The molecular weight excluding hydrogens is 318 g/mol. The number of carbonyl (C=O) groups is 1. The van der Waals surface area contributed by atoms with Crippen LogP contribution in [0.1, 0.15) is 37.6 Å². The zero-order valence-electron chi connectivity index (χ0n) is 14.7. The van der Waals surface area contributed by atoms with Crippen molar-refractivity contribution in [2.24, 2.45) is 0 Å². The van der Waals surface area contributed by atoms with Gasteiger partial charge in [-0.25, -0.2) is 14.5 Å². The molecule has 0 radical (unpaired) electrons. The van der Waals surface area contributed by atoms with Crippen LogP contribution in [0.2, 0.25) is 0 Å². The number of para-hydroxylation sites is 1. The topological polar surface area (TPSA) is 81.1 Å². The number of nitrogens with one attached hydrogen (secondary N) is 2. The third kappa shape index (κ3) is 4.49. The van der Waals surface area contributed by atoms with E-state index in [-0.39, 0.29) is 12.1 Å². The van der Waals surface area contributed by atoms with Crippen LogP contribution in [0.3, 0.4) is 0 Å². The van der Waals surface area contributed by atoms with E-state index in [2.05, 4.69) is 40.6 Å². The lowest BCUT2D eigenvalue weighted by atomic mass is 10.0. The normalized spacial score (nSPS) is 16.4. The number of aryl methyl sites for hydroxylation is 1. The van der Waals surface area contributed by atoms with Crippen LogP contribution >= 0.6 is 0 Å². The smallest absolute Gasteiger partial charge is 0.315 e. The molecule has 0 saturated carbocycles. The van der Waals surface area contributed by atoms with Crippen LogP contribution in [0.4, 0.5) is 4.79 Å². The average Bonchev–Trinajstić information content (AvgIpc) is 3.06. The van der Waals surface area contributed by atoms with E-state index in [1.165, 1.54) is 5.56 Å². The van der Waals surface area contributed by atoms with E-state index >= 15 is 0 Å². The van der Waals surface area contributed by atoms with E-state index in [0.29, 0.717) is 25.6 Å². The van der Waals surface area contributed by atoms with E-state index in [1.807, 2.05) is 22.9 Å². The van der Waals surface area contributed by atoms with Crippen molar-refractivity contribution in [1.29, 1.82) is 0 Å². The van der Waals surface area contributed by atoms with E-state index < -0.39 is 0 Å². The van der Waals surface area contributed by atoms with Crippen molar-refractivity contribution in [3.63, 3.8) is 0 Å². The number of aromatic nitrogens is 3. The Bertz CT molecular complexity index is 713. The molecule has 0 bridgehead atoms. The highest BCUT2D eigenvalue weighted by Crippen LogP contribution is 2.25. The number of amides is 2. The molecular formula is C18H25N5O2. The summed E-state index contributed by atoms with van der Waals surface area (Å²) in [4.78, 5) is 16.2. The number of rotatable bonds is 6. The maximum atomic E-state index is 12.0. The Kier molecular flexibility index (Phi) is 5.53. The third-order valence-corrected chi connectivity index (χ3v) is 4.33. The van der Waals surface area contributed by atoms with Crippen molar-refractivity contribution in [1.82, 2.24) is 25.4 Å². The molecule has 2 amide bonds. The van der Waals surface area contributed by atoms with E-state index in [9.17, 15) is 4.79 Å². The fourth-order valence-electron chi connectivity index (χ4n) is 3.01. The Labute approximate surface area is 147 Å². The molecule has 1 aliphatic rings. The second kappa shape index (κ2) is 8.00. The summed E-state index contributed by atoms with van der Waals surface area (Å²) < 4.78 is 7.66. The second-order valence-electron chi connectivity index (χ2n) is 6.54. The molecule has 2 aromatic rings. The minimum absolute atomic E-state index is 0.0804. The van der Waals surface area contributed by atoms with Crippen molar-refractivity contribution in [2.45, 2.75) is 45.2 Å². The first-order valence-electron chi connectivity index (χ1n) is 8.76. The first-order chi connectivity index (χ1) is 12.1. The Morgan fingerprint density at radius 1 is 1.40 bits per heavy atom. The Hall–Kier alpha value is -2.57. The molecule has 2 N–H and O–H groups in total. The van der Waals surface area contributed by atoms with Crippen LogP contribution in [0.5, 0.6) is 5.75 Å². The number of ether oxygens (including phenoxy) is 1. The van der Waals surface area contributed by atoms with Crippen LogP contribution in [-0.4, -0.2) is 40.0 Å². The van der Waals surface area contributed by atoms with E-state index in [0.717, 1.165) is 24.4 Å². The number of hydrogen-bond donors (Lipinski definition) is 2. The summed E-state index contributed by atoms with van der Waals surface area (Å²) in [6.45, 7) is 5.84. The van der Waals surface area contributed by atoms with Gasteiger partial charge in [0.1, 0.15) is 24.5 Å². The molecule has 1 unspecified atom stereocenters. The highest BCUT2D eigenvalue weighted by molar-refractivity contribution is 5.74.